The van der Waals surface area contributed by atoms with E-state index >= 15 is 0 Å². The molecule has 0 amide bonds. The van der Waals surface area contributed by atoms with Gasteiger partial charge in [0.1, 0.15) is 5.82 Å². The Kier molecular flexibility index (Phi) is 6.81. The van der Waals surface area contributed by atoms with Gasteiger partial charge in [0, 0.05) is 30.2 Å². The fourth-order valence-electron chi connectivity index (χ4n) is 3.40. The summed E-state index contributed by atoms with van der Waals surface area (Å²) in [5.41, 5.74) is 4.82. The Morgan fingerprint density at radius 2 is 1.82 bits per heavy atom. The normalized spacial score (nSPS) is 10.5. The number of anilines is 2. The molecule has 4 aromatic rings. The van der Waals surface area contributed by atoms with Crippen molar-refractivity contribution < 1.29 is 9.53 Å². The number of ether oxygens (including phenoxy) is 1. The van der Waals surface area contributed by atoms with Crippen molar-refractivity contribution in [3.8, 4) is 17.2 Å². The summed E-state index contributed by atoms with van der Waals surface area (Å²) < 4.78 is 5.61. The molecule has 0 bridgehead atoms. The first-order chi connectivity index (χ1) is 16.1. The number of methoxy groups -OCH3 is 1. The minimum atomic E-state index is -0.410. The first kappa shape index (κ1) is 22.2. The Hall–Kier alpha value is -3.96. The molecular formula is C25H20BrN5O2. The molecule has 164 valence electrons. The number of para-hydroxylation sites is 1. The van der Waals surface area contributed by atoms with E-state index < -0.39 is 5.97 Å². The number of carbonyl (C=O) groups is 1. The predicted octanol–water partition coefficient (Wildman–Crippen LogP) is 5.24. The van der Waals surface area contributed by atoms with Crippen LogP contribution in [0.25, 0.3) is 22.0 Å². The number of aromatic nitrogens is 2. The molecule has 0 unspecified atom stereocenters. The topological polar surface area (TPSA) is 99.9 Å². The minimum absolute atomic E-state index is 0.410. The van der Waals surface area contributed by atoms with Gasteiger partial charge < -0.3 is 15.4 Å². The van der Waals surface area contributed by atoms with E-state index in [1.807, 2.05) is 48.7 Å². The molecule has 2 heterocycles. The third kappa shape index (κ3) is 4.94. The lowest BCUT2D eigenvalue weighted by atomic mass is 10.0. The van der Waals surface area contributed by atoms with Crippen molar-refractivity contribution in [3.63, 3.8) is 0 Å². The molecule has 0 spiro atoms. The van der Waals surface area contributed by atoms with Crippen molar-refractivity contribution in [2.24, 2.45) is 0 Å². The summed E-state index contributed by atoms with van der Waals surface area (Å²) in [4.78, 5) is 20.4. The van der Waals surface area contributed by atoms with Crippen LogP contribution in [-0.2, 0) is 4.74 Å². The van der Waals surface area contributed by atoms with Crippen molar-refractivity contribution >= 4 is 44.3 Å². The number of benzene rings is 2. The van der Waals surface area contributed by atoms with Gasteiger partial charge in [-0.3, -0.25) is 4.98 Å². The number of esters is 1. The number of hydrogen-bond donors (Lipinski definition) is 2. The van der Waals surface area contributed by atoms with Crippen LogP contribution in [0.2, 0.25) is 0 Å². The summed E-state index contributed by atoms with van der Waals surface area (Å²) in [6.45, 7) is 1.27. The maximum atomic E-state index is 11.5. The van der Waals surface area contributed by atoms with Crippen molar-refractivity contribution in [2.45, 2.75) is 0 Å². The first-order valence-corrected chi connectivity index (χ1v) is 11.0. The van der Waals surface area contributed by atoms with E-state index in [4.69, 9.17) is 10.2 Å². The zero-order chi connectivity index (χ0) is 23.2. The molecule has 4 rings (SSSR count). The lowest BCUT2D eigenvalue weighted by Gasteiger charge is -2.13. The molecule has 7 nitrogen and oxygen atoms in total. The van der Waals surface area contributed by atoms with Crippen LogP contribution in [0.1, 0.15) is 15.9 Å². The van der Waals surface area contributed by atoms with Gasteiger partial charge in [0.15, 0.2) is 0 Å². The van der Waals surface area contributed by atoms with Crippen LogP contribution in [0.15, 0.2) is 71.5 Å². The molecule has 0 saturated heterocycles. The van der Waals surface area contributed by atoms with Gasteiger partial charge in [-0.1, -0.05) is 30.3 Å². The summed E-state index contributed by atoms with van der Waals surface area (Å²) in [6.07, 6.45) is 3.29. The monoisotopic (exact) mass is 501 g/mol. The third-order valence-electron chi connectivity index (χ3n) is 5.09. The highest BCUT2D eigenvalue weighted by Crippen LogP contribution is 2.35. The van der Waals surface area contributed by atoms with E-state index in [-0.39, 0.29) is 0 Å². The van der Waals surface area contributed by atoms with E-state index in [2.05, 4.69) is 42.4 Å². The lowest BCUT2D eigenvalue weighted by Crippen LogP contribution is -2.15. The molecule has 0 radical (unpaired) electrons. The van der Waals surface area contributed by atoms with Crippen molar-refractivity contribution in [2.75, 3.05) is 30.8 Å². The molecule has 0 saturated carbocycles. The average Bonchev–Trinajstić information content (AvgIpc) is 2.87. The highest BCUT2D eigenvalue weighted by molar-refractivity contribution is 9.10. The lowest BCUT2D eigenvalue weighted by molar-refractivity contribution is 0.0600. The predicted molar refractivity (Wildman–Crippen MR) is 132 cm³/mol. The van der Waals surface area contributed by atoms with E-state index in [0.29, 0.717) is 30.0 Å². The van der Waals surface area contributed by atoms with Gasteiger partial charge in [0.05, 0.1) is 46.2 Å². The Morgan fingerprint density at radius 1 is 1.03 bits per heavy atom. The fraction of sp³-hybridized carbons (Fsp3) is 0.120. The number of fused-ring (bicyclic) bond motifs is 1. The van der Waals surface area contributed by atoms with Crippen LogP contribution >= 0.6 is 15.9 Å². The largest absolute Gasteiger partial charge is 0.465 e. The van der Waals surface area contributed by atoms with Gasteiger partial charge in [0.2, 0.25) is 0 Å². The maximum Gasteiger partial charge on any atom is 0.339 e. The number of rotatable bonds is 7. The van der Waals surface area contributed by atoms with Gasteiger partial charge in [0.25, 0.3) is 0 Å². The number of nitriles is 1. The fourth-order valence-corrected chi connectivity index (χ4v) is 3.96. The molecule has 2 N–H and O–H groups in total. The second-order valence-corrected chi connectivity index (χ2v) is 7.95. The Morgan fingerprint density at radius 3 is 2.52 bits per heavy atom. The molecule has 0 aliphatic heterocycles. The van der Waals surface area contributed by atoms with E-state index in [1.165, 1.54) is 13.3 Å². The maximum absolute atomic E-state index is 11.5. The van der Waals surface area contributed by atoms with Crippen LogP contribution in [0.5, 0.6) is 0 Å². The van der Waals surface area contributed by atoms with Gasteiger partial charge in [-0.05, 0) is 45.8 Å². The summed E-state index contributed by atoms with van der Waals surface area (Å²) in [6, 6.07) is 19.1. The number of nitrogens with zero attached hydrogens (tertiary/aromatic N) is 3. The van der Waals surface area contributed by atoms with Crippen LogP contribution in [0.4, 0.5) is 11.5 Å². The minimum Gasteiger partial charge on any atom is -0.465 e. The summed E-state index contributed by atoms with van der Waals surface area (Å²) in [7, 11) is 1.34. The Balaban J connectivity index is 1.44. The molecule has 2 aromatic heterocycles. The quantitative estimate of drug-likeness (QED) is 0.263. The van der Waals surface area contributed by atoms with E-state index in [0.717, 1.165) is 32.2 Å². The van der Waals surface area contributed by atoms with Crippen LogP contribution in [0.3, 0.4) is 0 Å². The molecule has 33 heavy (non-hydrogen) atoms. The molecule has 0 fully saturated rings. The number of halogens is 1. The van der Waals surface area contributed by atoms with E-state index in [1.54, 1.807) is 12.1 Å². The summed E-state index contributed by atoms with van der Waals surface area (Å²) >= 11 is 3.71. The SMILES string of the molecule is COC(=O)c1ccc(NCCNc2cnc3c(-c4ccc(C#N)cc4)cccc3c2Br)nc1. The van der Waals surface area contributed by atoms with Crippen LogP contribution < -0.4 is 10.6 Å². The summed E-state index contributed by atoms with van der Waals surface area (Å²) in [5.74, 6) is 0.263. The zero-order valence-corrected chi connectivity index (χ0v) is 19.4. The van der Waals surface area contributed by atoms with Gasteiger partial charge in [-0.2, -0.15) is 5.26 Å². The number of carbonyl (C=O) groups excluding carboxylic acids is 1. The van der Waals surface area contributed by atoms with Crippen molar-refractivity contribution in [1.29, 1.82) is 5.26 Å². The second kappa shape index (κ2) is 10.1. The Bertz CT molecular complexity index is 1330. The average molecular weight is 502 g/mol. The van der Waals surface area contributed by atoms with Gasteiger partial charge in [-0.15, -0.1) is 0 Å². The van der Waals surface area contributed by atoms with Gasteiger partial charge >= 0.3 is 5.97 Å². The van der Waals surface area contributed by atoms with Crippen LogP contribution in [0, 0.1) is 11.3 Å². The first-order valence-electron chi connectivity index (χ1n) is 10.2. The summed E-state index contributed by atoms with van der Waals surface area (Å²) in [5, 5.41) is 16.6. The van der Waals surface area contributed by atoms with Crippen LogP contribution in [-0.4, -0.2) is 36.1 Å². The molecule has 2 aromatic carbocycles. The van der Waals surface area contributed by atoms with Gasteiger partial charge in [-0.25, -0.2) is 9.78 Å². The van der Waals surface area contributed by atoms with E-state index in [9.17, 15) is 4.79 Å². The zero-order valence-electron chi connectivity index (χ0n) is 17.8. The molecule has 8 heteroatoms. The third-order valence-corrected chi connectivity index (χ3v) is 5.94. The molecule has 0 aliphatic rings. The van der Waals surface area contributed by atoms with Crippen molar-refractivity contribution in [1.82, 2.24) is 9.97 Å². The molecule has 0 atom stereocenters. The number of pyridine rings is 2. The second-order valence-electron chi connectivity index (χ2n) is 7.15. The smallest absolute Gasteiger partial charge is 0.339 e. The van der Waals surface area contributed by atoms with Crippen molar-refractivity contribution in [3.05, 3.63) is 82.6 Å². The standard InChI is InChI=1S/C25H20BrN5O2/c1-33-25(32)18-9-10-22(30-14-18)29-12-11-28-21-15-31-24-19(3-2-4-20(24)23(21)26)17-7-5-16(13-27)6-8-17/h2-10,14-15,28H,11-12H2,1H3,(H,29,30). The molecule has 0 aliphatic carbocycles. The highest BCUT2D eigenvalue weighted by atomic mass is 79.9. The molecular weight excluding hydrogens is 482 g/mol. The number of hydrogen-bond acceptors (Lipinski definition) is 7. The number of nitrogens with one attached hydrogen (secondary N) is 2. The Labute approximate surface area is 199 Å². The highest BCUT2D eigenvalue weighted by Gasteiger charge is 2.11.